The van der Waals surface area contributed by atoms with Crippen LogP contribution >= 0.6 is 0 Å². The average molecular weight is 284 g/mol. The van der Waals surface area contributed by atoms with Crippen molar-refractivity contribution in [3.05, 3.63) is 0 Å². The minimum absolute atomic E-state index is 0.400. The van der Waals surface area contributed by atoms with Gasteiger partial charge in [-0.15, -0.1) is 0 Å². The van der Waals surface area contributed by atoms with Crippen LogP contribution in [0.4, 0.5) is 0 Å². The maximum absolute atomic E-state index is 7.21. The third-order valence-corrected chi connectivity index (χ3v) is 9.61. The second-order valence-electron chi connectivity index (χ2n) is 10.3. The van der Waals surface area contributed by atoms with Crippen molar-refractivity contribution in [1.82, 2.24) is 0 Å². The van der Waals surface area contributed by atoms with Gasteiger partial charge < -0.3 is 4.74 Å². The second-order valence-corrected chi connectivity index (χ2v) is 10.3. The Morgan fingerprint density at radius 3 is 2.05 bits per heavy atom. The van der Waals surface area contributed by atoms with Gasteiger partial charge in [0.15, 0.2) is 0 Å². The summed E-state index contributed by atoms with van der Waals surface area (Å²) in [6, 6.07) is 0. The van der Waals surface area contributed by atoms with Gasteiger partial charge >= 0.3 is 0 Å². The molecule has 9 rings (SSSR count). The van der Waals surface area contributed by atoms with Crippen molar-refractivity contribution >= 4 is 0 Å². The first-order valence-corrected chi connectivity index (χ1v) is 9.99. The van der Waals surface area contributed by atoms with E-state index >= 15 is 0 Å². The molecule has 9 fully saturated rings. The lowest BCUT2D eigenvalue weighted by molar-refractivity contribution is -0.212. The summed E-state index contributed by atoms with van der Waals surface area (Å²) in [5.74, 6) is 9.28. The Balaban J connectivity index is 1.39. The van der Waals surface area contributed by atoms with E-state index in [1.54, 1.807) is 51.4 Å². The average Bonchev–Trinajstić information content (AvgIpc) is 2.76. The Morgan fingerprint density at radius 1 is 0.619 bits per heavy atom. The molecule has 0 aromatic heterocycles. The molecule has 21 heavy (non-hydrogen) atoms. The summed E-state index contributed by atoms with van der Waals surface area (Å²) in [5.41, 5.74) is 0.400. The van der Waals surface area contributed by atoms with E-state index < -0.39 is 0 Å². The summed E-state index contributed by atoms with van der Waals surface area (Å²) >= 11 is 0. The molecule has 8 saturated carbocycles. The van der Waals surface area contributed by atoms with Crippen molar-refractivity contribution < 1.29 is 4.74 Å². The van der Waals surface area contributed by atoms with E-state index in [1.807, 2.05) is 0 Å². The molecule has 114 valence electrons. The molecule has 1 spiro atoms. The fourth-order valence-corrected chi connectivity index (χ4v) is 9.72. The minimum atomic E-state index is 0.400. The van der Waals surface area contributed by atoms with Gasteiger partial charge in [0.05, 0.1) is 11.7 Å². The number of rotatable bonds is 0. The third kappa shape index (κ3) is 1.15. The molecule has 0 amide bonds. The SMILES string of the molecule is C1C2CC3CC1CC(C2)C31O[C@H]2[C@@H]3C[C@H]4C[C@@H](C3)C1[C@@H]2C4. The molecule has 1 heteroatoms. The van der Waals surface area contributed by atoms with Crippen molar-refractivity contribution in [3.63, 3.8) is 0 Å². The Morgan fingerprint density at radius 2 is 1.29 bits per heavy atom. The molecule has 1 unspecified atom stereocenters. The normalized spacial score (nSPS) is 72.0. The van der Waals surface area contributed by atoms with Gasteiger partial charge in [-0.2, -0.15) is 0 Å². The summed E-state index contributed by atoms with van der Waals surface area (Å²) < 4.78 is 7.21. The first-order chi connectivity index (χ1) is 10.3. The van der Waals surface area contributed by atoms with Crippen LogP contribution in [-0.4, -0.2) is 11.7 Å². The third-order valence-electron chi connectivity index (χ3n) is 9.61. The van der Waals surface area contributed by atoms with Crippen LogP contribution in [0.3, 0.4) is 0 Å². The fraction of sp³-hybridized carbons (Fsp3) is 1.00. The molecule has 6 atom stereocenters. The molecule has 10 bridgehead atoms. The zero-order chi connectivity index (χ0) is 13.3. The molecule has 9 aliphatic rings. The Kier molecular flexibility index (Phi) is 1.86. The summed E-state index contributed by atoms with van der Waals surface area (Å²) in [4.78, 5) is 0. The lowest BCUT2D eigenvalue weighted by Crippen LogP contribution is -2.62. The quantitative estimate of drug-likeness (QED) is 0.646. The number of hydrogen-bond acceptors (Lipinski definition) is 1. The maximum atomic E-state index is 7.21. The number of ether oxygens (including phenoxy) is 1. The lowest BCUT2D eigenvalue weighted by atomic mass is 9.41. The van der Waals surface area contributed by atoms with Gasteiger partial charge in [0.25, 0.3) is 0 Å². The monoisotopic (exact) mass is 284 g/mol. The highest BCUT2D eigenvalue weighted by atomic mass is 16.5. The van der Waals surface area contributed by atoms with E-state index in [-0.39, 0.29) is 0 Å². The van der Waals surface area contributed by atoms with Crippen LogP contribution in [0.5, 0.6) is 0 Å². The molecule has 0 aromatic carbocycles. The molecular weight excluding hydrogens is 256 g/mol. The Bertz CT molecular complexity index is 482. The first-order valence-electron chi connectivity index (χ1n) is 9.99. The van der Waals surface area contributed by atoms with Gasteiger partial charge in [-0.3, -0.25) is 0 Å². The molecule has 8 aliphatic carbocycles. The molecule has 1 nitrogen and oxygen atoms in total. The summed E-state index contributed by atoms with van der Waals surface area (Å²) in [6.07, 6.45) is 14.7. The topological polar surface area (TPSA) is 9.23 Å². The molecule has 1 saturated heterocycles. The van der Waals surface area contributed by atoms with E-state index in [0.717, 1.165) is 53.3 Å². The van der Waals surface area contributed by atoms with Crippen LogP contribution in [-0.2, 0) is 4.74 Å². The maximum Gasteiger partial charge on any atom is 0.0777 e. The number of hydrogen-bond donors (Lipinski definition) is 0. The second kappa shape index (κ2) is 3.40. The van der Waals surface area contributed by atoms with E-state index in [4.69, 9.17) is 4.74 Å². The summed E-state index contributed by atoms with van der Waals surface area (Å²) in [7, 11) is 0. The van der Waals surface area contributed by atoms with Crippen LogP contribution in [0.1, 0.15) is 57.8 Å². The van der Waals surface area contributed by atoms with Gasteiger partial charge in [-0.05, 0) is 111 Å². The van der Waals surface area contributed by atoms with Gasteiger partial charge in [-0.25, -0.2) is 0 Å². The zero-order valence-electron chi connectivity index (χ0n) is 13.0. The van der Waals surface area contributed by atoms with Gasteiger partial charge in [0.2, 0.25) is 0 Å². The van der Waals surface area contributed by atoms with Crippen molar-refractivity contribution in [1.29, 1.82) is 0 Å². The van der Waals surface area contributed by atoms with Crippen molar-refractivity contribution in [3.8, 4) is 0 Å². The molecule has 0 N–H and O–H groups in total. The Labute approximate surface area is 128 Å². The van der Waals surface area contributed by atoms with Gasteiger partial charge in [0, 0.05) is 0 Å². The van der Waals surface area contributed by atoms with Crippen molar-refractivity contribution in [2.24, 2.45) is 53.3 Å². The predicted molar refractivity (Wildman–Crippen MR) is 80.6 cm³/mol. The summed E-state index contributed by atoms with van der Waals surface area (Å²) in [6.45, 7) is 0. The largest absolute Gasteiger partial charge is 0.370 e. The highest BCUT2D eigenvalue weighted by molar-refractivity contribution is 5.21. The van der Waals surface area contributed by atoms with E-state index in [2.05, 4.69) is 0 Å². The highest BCUT2D eigenvalue weighted by Gasteiger charge is 2.72. The van der Waals surface area contributed by atoms with Crippen LogP contribution in [0.25, 0.3) is 0 Å². The predicted octanol–water partition coefficient (Wildman–Crippen LogP) is 4.26. The van der Waals surface area contributed by atoms with Crippen LogP contribution < -0.4 is 0 Å². The molecule has 1 aliphatic heterocycles. The summed E-state index contributed by atoms with van der Waals surface area (Å²) in [5, 5.41) is 0. The van der Waals surface area contributed by atoms with Crippen LogP contribution in [0.2, 0.25) is 0 Å². The molecule has 0 aromatic rings. The first kappa shape index (κ1) is 11.5. The Hall–Kier alpha value is -0.0400. The molecular formula is C20H28O. The van der Waals surface area contributed by atoms with E-state index in [1.165, 1.54) is 6.42 Å². The standard InChI is InChI=1S/C20H28O/c1-10-4-15-6-11(1)7-16(5-10)20(15)18-13-2-12-3-14(9-13)19(21-20)17(18)8-12/h10-19H,1-9H2/t10?,11?,12-,13+,14-,15?,16?,17+,18?,19+,20?/m1/s1. The van der Waals surface area contributed by atoms with Gasteiger partial charge in [0.1, 0.15) is 0 Å². The minimum Gasteiger partial charge on any atom is -0.370 e. The van der Waals surface area contributed by atoms with E-state index in [0.29, 0.717) is 11.7 Å². The van der Waals surface area contributed by atoms with Crippen molar-refractivity contribution in [2.45, 2.75) is 69.5 Å². The highest BCUT2D eigenvalue weighted by Crippen LogP contribution is 2.73. The lowest BCUT2D eigenvalue weighted by Gasteiger charge is -2.63. The van der Waals surface area contributed by atoms with Crippen molar-refractivity contribution in [2.75, 3.05) is 0 Å². The smallest absolute Gasteiger partial charge is 0.0777 e. The molecule has 1 heterocycles. The van der Waals surface area contributed by atoms with Gasteiger partial charge in [-0.1, -0.05) is 0 Å². The van der Waals surface area contributed by atoms with Crippen LogP contribution in [0, 0.1) is 53.3 Å². The fourth-order valence-electron chi connectivity index (χ4n) is 9.72. The van der Waals surface area contributed by atoms with Crippen LogP contribution in [0.15, 0.2) is 0 Å². The zero-order valence-corrected chi connectivity index (χ0v) is 13.0. The molecule has 0 radical (unpaired) electrons. The van der Waals surface area contributed by atoms with E-state index in [9.17, 15) is 0 Å².